The number of hydrogen-bond acceptors (Lipinski definition) is 4. The summed E-state index contributed by atoms with van der Waals surface area (Å²) in [5.74, 6) is 2.43. The summed E-state index contributed by atoms with van der Waals surface area (Å²) in [5.41, 5.74) is 7.23. The first-order valence-corrected chi connectivity index (χ1v) is 7.43. The predicted molar refractivity (Wildman–Crippen MR) is 73.3 cm³/mol. The highest BCUT2D eigenvalue weighted by atomic mass is 32.2. The van der Waals surface area contributed by atoms with E-state index in [4.69, 9.17) is 5.73 Å². The Morgan fingerprint density at radius 2 is 2.12 bits per heavy atom. The summed E-state index contributed by atoms with van der Waals surface area (Å²) in [6, 6.07) is 0.765. The van der Waals surface area contributed by atoms with Crippen molar-refractivity contribution in [3.63, 3.8) is 0 Å². The Hall–Kier alpha value is -0.520. The second-order valence-corrected chi connectivity index (χ2v) is 5.94. The molecule has 5 heteroatoms. The molecule has 1 aliphatic heterocycles. The molecule has 1 atom stereocenters. The number of aromatic nitrogens is 2. The number of hydrogen-bond donors (Lipinski definition) is 1. The van der Waals surface area contributed by atoms with Crippen molar-refractivity contribution in [2.45, 2.75) is 25.9 Å². The third-order valence-electron chi connectivity index (χ3n) is 3.30. The van der Waals surface area contributed by atoms with Crippen LogP contribution in [-0.2, 0) is 0 Å². The van der Waals surface area contributed by atoms with Gasteiger partial charge in [0.2, 0.25) is 0 Å². The van der Waals surface area contributed by atoms with Gasteiger partial charge in [0.1, 0.15) is 0 Å². The van der Waals surface area contributed by atoms with Crippen LogP contribution in [0.25, 0.3) is 0 Å². The molecule has 1 aromatic rings. The van der Waals surface area contributed by atoms with Crippen LogP contribution in [0.15, 0.2) is 12.5 Å². The van der Waals surface area contributed by atoms with E-state index in [2.05, 4.69) is 28.3 Å². The second kappa shape index (κ2) is 5.89. The van der Waals surface area contributed by atoms with Gasteiger partial charge in [-0.25, -0.2) is 4.98 Å². The number of nitrogens with two attached hydrogens (primary N) is 1. The molecule has 0 amide bonds. The lowest BCUT2D eigenvalue weighted by Crippen LogP contribution is -2.40. The minimum Gasteiger partial charge on any atom is -0.331 e. The molecule has 17 heavy (non-hydrogen) atoms. The van der Waals surface area contributed by atoms with Crippen LogP contribution in [0.4, 0.5) is 0 Å². The van der Waals surface area contributed by atoms with E-state index in [1.165, 1.54) is 17.2 Å². The highest BCUT2D eigenvalue weighted by Crippen LogP contribution is 2.24. The van der Waals surface area contributed by atoms with Crippen molar-refractivity contribution in [1.29, 1.82) is 0 Å². The minimum atomic E-state index is 0.320. The summed E-state index contributed by atoms with van der Waals surface area (Å²) in [6.45, 7) is 7.31. The molecule has 2 heterocycles. The summed E-state index contributed by atoms with van der Waals surface area (Å²) in [6.07, 6.45) is 3.89. The summed E-state index contributed by atoms with van der Waals surface area (Å²) < 4.78 is 2.24. The average molecular weight is 254 g/mol. The smallest absolute Gasteiger partial charge is 0.0951 e. The molecular formula is C12H22N4S. The van der Waals surface area contributed by atoms with Crippen molar-refractivity contribution < 1.29 is 0 Å². The lowest BCUT2D eigenvalue weighted by atomic mass is 10.1. The molecule has 0 radical (unpaired) electrons. The molecule has 2 N–H and O–H groups in total. The van der Waals surface area contributed by atoms with Crippen LogP contribution >= 0.6 is 11.8 Å². The summed E-state index contributed by atoms with van der Waals surface area (Å²) in [4.78, 5) is 6.78. The van der Waals surface area contributed by atoms with E-state index >= 15 is 0 Å². The van der Waals surface area contributed by atoms with Crippen LogP contribution in [0.3, 0.4) is 0 Å². The van der Waals surface area contributed by atoms with Crippen molar-refractivity contribution in [3.8, 4) is 0 Å². The standard InChI is InChI=1S/C12H22N4S/c1-10(2)16-9-14-8-12(16)11(7-13)15-3-5-17-6-4-15/h8-11H,3-7,13H2,1-2H3. The maximum Gasteiger partial charge on any atom is 0.0951 e. The van der Waals surface area contributed by atoms with Crippen LogP contribution in [-0.4, -0.2) is 45.6 Å². The Morgan fingerprint density at radius 3 is 2.71 bits per heavy atom. The predicted octanol–water partition coefficient (Wildman–Crippen LogP) is 1.51. The first-order chi connectivity index (χ1) is 8.24. The van der Waals surface area contributed by atoms with Crippen molar-refractivity contribution in [1.82, 2.24) is 14.5 Å². The zero-order valence-electron chi connectivity index (χ0n) is 10.7. The van der Waals surface area contributed by atoms with Crippen molar-refractivity contribution >= 4 is 11.8 Å². The fourth-order valence-electron chi connectivity index (χ4n) is 2.35. The lowest BCUT2D eigenvalue weighted by Gasteiger charge is -2.34. The molecule has 1 fully saturated rings. The number of thioether (sulfide) groups is 1. The number of nitrogens with zero attached hydrogens (tertiary/aromatic N) is 3. The van der Waals surface area contributed by atoms with E-state index in [1.807, 2.05) is 24.3 Å². The molecule has 1 saturated heterocycles. The lowest BCUT2D eigenvalue weighted by molar-refractivity contribution is 0.213. The van der Waals surface area contributed by atoms with Crippen molar-refractivity contribution in [2.24, 2.45) is 5.73 Å². The van der Waals surface area contributed by atoms with Gasteiger partial charge in [-0.3, -0.25) is 4.90 Å². The van der Waals surface area contributed by atoms with Gasteiger partial charge in [-0.2, -0.15) is 11.8 Å². The fraction of sp³-hybridized carbons (Fsp3) is 0.750. The Kier molecular flexibility index (Phi) is 4.48. The van der Waals surface area contributed by atoms with Crippen LogP contribution < -0.4 is 5.73 Å². The molecule has 96 valence electrons. The third kappa shape index (κ3) is 2.84. The highest BCUT2D eigenvalue weighted by Gasteiger charge is 2.24. The molecule has 2 rings (SSSR count). The Bertz CT molecular complexity index is 344. The molecule has 4 nitrogen and oxygen atoms in total. The molecule has 0 aromatic carbocycles. The van der Waals surface area contributed by atoms with Crippen LogP contribution in [0.2, 0.25) is 0 Å². The van der Waals surface area contributed by atoms with Gasteiger partial charge in [0, 0.05) is 43.4 Å². The largest absolute Gasteiger partial charge is 0.331 e. The fourth-order valence-corrected chi connectivity index (χ4v) is 3.28. The normalized spacial score (nSPS) is 19.8. The number of rotatable bonds is 4. The zero-order chi connectivity index (χ0) is 12.3. The maximum atomic E-state index is 5.97. The van der Waals surface area contributed by atoms with E-state index in [0.29, 0.717) is 18.6 Å². The molecule has 1 aliphatic rings. The second-order valence-electron chi connectivity index (χ2n) is 4.72. The molecule has 0 saturated carbocycles. The Morgan fingerprint density at radius 1 is 1.41 bits per heavy atom. The Balaban J connectivity index is 2.18. The topological polar surface area (TPSA) is 47.1 Å². The molecule has 0 bridgehead atoms. The third-order valence-corrected chi connectivity index (χ3v) is 4.25. The minimum absolute atomic E-state index is 0.320. The molecule has 0 aliphatic carbocycles. The molecule has 1 aromatic heterocycles. The van der Waals surface area contributed by atoms with E-state index in [9.17, 15) is 0 Å². The quantitative estimate of drug-likeness (QED) is 0.885. The SMILES string of the molecule is CC(C)n1cncc1C(CN)N1CCSCC1. The monoisotopic (exact) mass is 254 g/mol. The summed E-state index contributed by atoms with van der Waals surface area (Å²) in [5, 5.41) is 0. The zero-order valence-corrected chi connectivity index (χ0v) is 11.5. The van der Waals surface area contributed by atoms with Gasteiger partial charge in [0.05, 0.1) is 18.1 Å². The van der Waals surface area contributed by atoms with Crippen LogP contribution in [0.5, 0.6) is 0 Å². The van der Waals surface area contributed by atoms with Crippen LogP contribution in [0.1, 0.15) is 31.6 Å². The van der Waals surface area contributed by atoms with Gasteiger partial charge in [-0.1, -0.05) is 0 Å². The van der Waals surface area contributed by atoms with Crippen molar-refractivity contribution in [2.75, 3.05) is 31.1 Å². The van der Waals surface area contributed by atoms with Gasteiger partial charge < -0.3 is 10.3 Å². The summed E-state index contributed by atoms with van der Waals surface area (Å²) in [7, 11) is 0. The molecule has 1 unspecified atom stereocenters. The van der Waals surface area contributed by atoms with E-state index in [0.717, 1.165) is 13.1 Å². The highest BCUT2D eigenvalue weighted by molar-refractivity contribution is 7.99. The van der Waals surface area contributed by atoms with E-state index in [-0.39, 0.29) is 0 Å². The van der Waals surface area contributed by atoms with Crippen molar-refractivity contribution in [3.05, 3.63) is 18.2 Å². The van der Waals surface area contributed by atoms with Gasteiger partial charge in [0.15, 0.2) is 0 Å². The maximum absolute atomic E-state index is 5.97. The molecule has 0 spiro atoms. The van der Waals surface area contributed by atoms with Gasteiger partial charge in [-0.15, -0.1) is 0 Å². The Labute approximate surface area is 108 Å². The van der Waals surface area contributed by atoms with Gasteiger partial charge >= 0.3 is 0 Å². The first kappa shape index (κ1) is 12.9. The van der Waals surface area contributed by atoms with E-state index < -0.39 is 0 Å². The first-order valence-electron chi connectivity index (χ1n) is 6.27. The van der Waals surface area contributed by atoms with Gasteiger partial charge in [0.25, 0.3) is 0 Å². The molecular weight excluding hydrogens is 232 g/mol. The average Bonchev–Trinajstić information content (AvgIpc) is 2.81. The van der Waals surface area contributed by atoms with Gasteiger partial charge in [-0.05, 0) is 13.8 Å². The van der Waals surface area contributed by atoms with Crippen LogP contribution in [0, 0.1) is 0 Å². The number of imidazole rings is 1. The summed E-state index contributed by atoms with van der Waals surface area (Å²) >= 11 is 2.03. The van der Waals surface area contributed by atoms with E-state index in [1.54, 1.807) is 0 Å².